The van der Waals surface area contributed by atoms with Crippen molar-refractivity contribution in [1.82, 2.24) is 10.2 Å². The highest BCUT2D eigenvalue weighted by Gasteiger charge is 2.19. The molecule has 2 heterocycles. The third kappa shape index (κ3) is 7.54. The molecule has 2 rings (SSSR count). The molecule has 0 aromatic carbocycles. The molecule has 0 radical (unpaired) electrons. The maximum absolute atomic E-state index is 5.45. The number of ether oxygens (including phenoxy) is 2. The van der Waals surface area contributed by atoms with Crippen LogP contribution in [0.25, 0.3) is 0 Å². The van der Waals surface area contributed by atoms with E-state index in [2.05, 4.69) is 22.3 Å². The van der Waals surface area contributed by atoms with Gasteiger partial charge in [0.2, 0.25) is 0 Å². The van der Waals surface area contributed by atoms with E-state index in [9.17, 15) is 0 Å². The van der Waals surface area contributed by atoms with Gasteiger partial charge in [-0.25, -0.2) is 0 Å². The molecule has 1 aromatic heterocycles. The number of hydrogen-bond acceptors (Lipinski definition) is 4. The van der Waals surface area contributed by atoms with E-state index in [0.29, 0.717) is 19.1 Å². The summed E-state index contributed by atoms with van der Waals surface area (Å²) in [4.78, 5) is 6.79. The monoisotopic (exact) mass is 437 g/mol. The number of aliphatic imine (C=N–C) groups is 1. The molecule has 6 nitrogen and oxygen atoms in total. The minimum absolute atomic E-state index is 0. The zero-order valence-corrected chi connectivity index (χ0v) is 16.3. The lowest BCUT2D eigenvalue weighted by Crippen LogP contribution is -2.42. The Bertz CT molecular complexity index is 434. The van der Waals surface area contributed by atoms with Crippen LogP contribution in [0.5, 0.6) is 0 Å². The second-order valence-electron chi connectivity index (χ2n) is 5.56. The van der Waals surface area contributed by atoms with Crippen LogP contribution >= 0.6 is 24.0 Å². The fraction of sp³-hybridized carbons (Fsp3) is 0.688. The molecule has 0 bridgehead atoms. The Morgan fingerprint density at radius 3 is 3.04 bits per heavy atom. The van der Waals surface area contributed by atoms with Crippen molar-refractivity contribution in [3.05, 3.63) is 24.2 Å². The lowest BCUT2D eigenvalue weighted by molar-refractivity contribution is 0.181. The van der Waals surface area contributed by atoms with Gasteiger partial charge in [0.05, 0.1) is 26.0 Å². The summed E-state index contributed by atoms with van der Waals surface area (Å²) in [6.45, 7) is 4.77. The van der Waals surface area contributed by atoms with Crippen LogP contribution in [0.1, 0.15) is 12.2 Å². The van der Waals surface area contributed by atoms with Crippen LogP contribution in [-0.4, -0.2) is 64.5 Å². The number of methoxy groups -OCH3 is 1. The van der Waals surface area contributed by atoms with Crippen LogP contribution in [0.2, 0.25) is 0 Å². The molecule has 23 heavy (non-hydrogen) atoms. The van der Waals surface area contributed by atoms with E-state index in [-0.39, 0.29) is 24.0 Å². The van der Waals surface area contributed by atoms with E-state index >= 15 is 0 Å². The standard InChI is InChI=1S/C16H27N3O3.HI/c1-19(12-14-6-10-21-13-14)16(18-8-11-20-2)17-7-5-15-4-3-9-22-15;/h3-4,9,14H,5-8,10-13H2,1-2H3,(H,17,18);1H. The Morgan fingerprint density at radius 2 is 2.39 bits per heavy atom. The summed E-state index contributed by atoms with van der Waals surface area (Å²) in [6, 6.07) is 3.90. The summed E-state index contributed by atoms with van der Waals surface area (Å²) in [5, 5.41) is 3.41. The van der Waals surface area contributed by atoms with Gasteiger partial charge in [0, 0.05) is 46.2 Å². The summed E-state index contributed by atoms with van der Waals surface area (Å²) >= 11 is 0. The zero-order valence-electron chi connectivity index (χ0n) is 14.0. The molecule has 7 heteroatoms. The highest BCUT2D eigenvalue weighted by atomic mass is 127. The van der Waals surface area contributed by atoms with Crippen molar-refractivity contribution in [2.24, 2.45) is 10.9 Å². The lowest BCUT2D eigenvalue weighted by Gasteiger charge is -2.24. The van der Waals surface area contributed by atoms with Gasteiger partial charge in [-0.2, -0.15) is 0 Å². The third-order valence-electron chi connectivity index (χ3n) is 3.71. The van der Waals surface area contributed by atoms with Gasteiger partial charge < -0.3 is 24.1 Å². The van der Waals surface area contributed by atoms with Gasteiger partial charge in [-0.3, -0.25) is 4.99 Å². The highest BCUT2D eigenvalue weighted by Crippen LogP contribution is 2.13. The maximum Gasteiger partial charge on any atom is 0.193 e. The second kappa shape index (κ2) is 11.7. The van der Waals surface area contributed by atoms with Crippen LogP contribution in [0, 0.1) is 5.92 Å². The number of hydrogen-bond donors (Lipinski definition) is 1. The molecule has 1 aromatic rings. The first-order chi connectivity index (χ1) is 10.8. The number of rotatable bonds is 8. The van der Waals surface area contributed by atoms with E-state index in [1.807, 2.05) is 12.1 Å². The molecular weight excluding hydrogens is 409 g/mol. The fourth-order valence-corrected chi connectivity index (χ4v) is 2.51. The van der Waals surface area contributed by atoms with Crippen LogP contribution in [0.3, 0.4) is 0 Å². The Labute approximate surface area is 155 Å². The normalized spacial score (nSPS) is 17.8. The zero-order chi connectivity index (χ0) is 15.6. The molecule has 132 valence electrons. The number of guanidine groups is 1. The minimum atomic E-state index is 0. The van der Waals surface area contributed by atoms with Gasteiger partial charge in [-0.15, -0.1) is 24.0 Å². The molecule has 1 atom stereocenters. The van der Waals surface area contributed by atoms with Gasteiger partial charge >= 0.3 is 0 Å². The Morgan fingerprint density at radius 1 is 1.52 bits per heavy atom. The van der Waals surface area contributed by atoms with Crippen molar-refractivity contribution in [2.75, 3.05) is 53.6 Å². The predicted molar refractivity (Wildman–Crippen MR) is 102 cm³/mol. The average molecular weight is 437 g/mol. The molecule has 1 saturated heterocycles. The molecule has 1 unspecified atom stereocenters. The Balaban J connectivity index is 0.00000264. The van der Waals surface area contributed by atoms with Gasteiger partial charge in [0.25, 0.3) is 0 Å². The maximum atomic E-state index is 5.45. The second-order valence-corrected chi connectivity index (χ2v) is 5.56. The molecular formula is C16H28IN3O3. The van der Waals surface area contributed by atoms with Crippen LogP contribution < -0.4 is 5.32 Å². The van der Waals surface area contributed by atoms with E-state index in [4.69, 9.17) is 13.9 Å². The third-order valence-corrected chi connectivity index (χ3v) is 3.71. The topological polar surface area (TPSA) is 59.2 Å². The summed E-state index contributed by atoms with van der Waals surface area (Å²) in [5.74, 6) is 2.48. The summed E-state index contributed by atoms with van der Waals surface area (Å²) < 4.78 is 15.9. The fourth-order valence-electron chi connectivity index (χ4n) is 2.51. The molecule has 1 aliphatic heterocycles. The van der Waals surface area contributed by atoms with Crippen LogP contribution in [0.15, 0.2) is 27.8 Å². The molecule has 0 saturated carbocycles. The van der Waals surface area contributed by atoms with Crippen molar-refractivity contribution >= 4 is 29.9 Å². The summed E-state index contributed by atoms with van der Waals surface area (Å²) in [5.41, 5.74) is 0. The molecule has 1 aliphatic rings. The Kier molecular flexibility index (Phi) is 10.3. The van der Waals surface area contributed by atoms with E-state index < -0.39 is 0 Å². The SMILES string of the molecule is COCCN=C(NCCc1ccco1)N(C)CC1CCOC1.I. The van der Waals surface area contributed by atoms with E-state index in [1.54, 1.807) is 13.4 Å². The van der Waals surface area contributed by atoms with Gasteiger partial charge in [0.15, 0.2) is 5.96 Å². The van der Waals surface area contributed by atoms with Gasteiger partial charge in [-0.05, 0) is 18.6 Å². The van der Waals surface area contributed by atoms with Crippen LogP contribution in [-0.2, 0) is 15.9 Å². The molecule has 0 amide bonds. The molecule has 1 fully saturated rings. The minimum Gasteiger partial charge on any atom is -0.469 e. The number of halogens is 1. The summed E-state index contributed by atoms with van der Waals surface area (Å²) in [7, 11) is 3.77. The highest BCUT2D eigenvalue weighted by molar-refractivity contribution is 14.0. The molecule has 0 aliphatic carbocycles. The molecule has 1 N–H and O–H groups in total. The summed E-state index contributed by atoms with van der Waals surface area (Å²) in [6.07, 6.45) is 3.67. The van der Waals surface area contributed by atoms with Crippen molar-refractivity contribution in [3.63, 3.8) is 0 Å². The Hall–Kier alpha value is -0.800. The largest absolute Gasteiger partial charge is 0.469 e. The number of nitrogens with one attached hydrogen (secondary N) is 1. The van der Waals surface area contributed by atoms with Crippen LogP contribution in [0.4, 0.5) is 0 Å². The van der Waals surface area contributed by atoms with E-state index in [1.165, 1.54) is 0 Å². The first-order valence-corrected chi connectivity index (χ1v) is 7.88. The van der Waals surface area contributed by atoms with Gasteiger partial charge in [-0.1, -0.05) is 0 Å². The van der Waals surface area contributed by atoms with Crippen molar-refractivity contribution in [2.45, 2.75) is 12.8 Å². The van der Waals surface area contributed by atoms with Gasteiger partial charge in [0.1, 0.15) is 5.76 Å². The predicted octanol–water partition coefficient (Wildman–Crippen LogP) is 2.00. The first kappa shape index (κ1) is 20.2. The number of nitrogens with zero attached hydrogens (tertiary/aromatic N) is 2. The lowest BCUT2D eigenvalue weighted by atomic mass is 10.1. The number of furan rings is 1. The van der Waals surface area contributed by atoms with E-state index in [0.717, 1.165) is 50.9 Å². The first-order valence-electron chi connectivity index (χ1n) is 7.88. The van der Waals surface area contributed by atoms with Crippen molar-refractivity contribution < 1.29 is 13.9 Å². The molecule has 0 spiro atoms. The smallest absolute Gasteiger partial charge is 0.193 e. The average Bonchev–Trinajstić information content (AvgIpc) is 3.19. The quantitative estimate of drug-likeness (QED) is 0.292. The van der Waals surface area contributed by atoms with Crippen molar-refractivity contribution in [1.29, 1.82) is 0 Å². The van der Waals surface area contributed by atoms with Crippen molar-refractivity contribution in [3.8, 4) is 0 Å².